The lowest BCUT2D eigenvalue weighted by Crippen LogP contribution is -2.29. The maximum atomic E-state index is 3.56. The van der Waals surface area contributed by atoms with Crippen molar-refractivity contribution in [1.29, 1.82) is 0 Å². The average Bonchev–Trinajstić information content (AvgIpc) is 2.72. The quantitative estimate of drug-likeness (QED) is 0.817. The lowest BCUT2D eigenvalue weighted by atomic mass is 9.95. The highest BCUT2D eigenvalue weighted by atomic mass is 79.9. The molecule has 0 spiro atoms. The van der Waals surface area contributed by atoms with Crippen molar-refractivity contribution in [2.75, 3.05) is 19.6 Å². The SMILES string of the molecule is Brc1ccsc1CNCCC1CCNCC1. The van der Waals surface area contributed by atoms with Gasteiger partial charge in [-0.3, -0.25) is 0 Å². The third kappa shape index (κ3) is 3.84. The summed E-state index contributed by atoms with van der Waals surface area (Å²) in [6.07, 6.45) is 4.03. The number of hydrogen-bond donors (Lipinski definition) is 2. The van der Waals surface area contributed by atoms with Gasteiger partial charge in [0, 0.05) is 15.9 Å². The molecule has 0 atom stereocenters. The molecule has 0 amide bonds. The number of hydrogen-bond acceptors (Lipinski definition) is 3. The summed E-state index contributed by atoms with van der Waals surface area (Å²) in [5.41, 5.74) is 0. The van der Waals surface area contributed by atoms with Gasteiger partial charge in [0.15, 0.2) is 0 Å². The van der Waals surface area contributed by atoms with E-state index in [1.165, 1.54) is 41.7 Å². The van der Waals surface area contributed by atoms with E-state index < -0.39 is 0 Å². The Hall–Kier alpha value is 0.1000. The molecule has 0 radical (unpaired) electrons. The molecule has 0 unspecified atom stereocenters. The Balaban J connectivity index is 1.59. The second-order valence-corrected chi connectivity index (χ2v) is 6.21. The Kier molecular flexibility index (Phi) is 5.29. The summed E-state index contributed by atoms with van der Waals surface area (Å²) in [5, 5.41) is 9.08. The molecular formula is C12H19BrN2S. The van der Waals surface area contributed by atoms with Gasteiger partial charge >= 0.3 is 0 Å². The molecule has 1 aromatic rings. The third-order valence-corrected chi connectivity index (χ3v) is 5.09. The zero-order chi connectivity index (χ0) is 11.2. The van der Waals surface area contributed by atoms with Gasteiger partial charge in [-0.15, -0.1) is 11.3 Å². The predicted octanol–water partition coefficient (Wildman–Crippen LogP) is 2.99. The molecule has 0 saturated carbocycles. The van der Waals surface area contributed by atoms with Crippen LogP contribution in [0.1, 0.15) is 24.1 Å². The molecule has 1 fully saturated rings. The lowest BCUT2D eigenvalue weighted by molar-refractivity contribution is 0.348. The molecule has 4 heteroatoms. The largest absolute Gasteiger partial charge is 0.317 e. The van der Waals surface area contributed by atoms with E-state index in [4.69, 9.17) is 0 Å². The number of thiophene rings is 1. The topological polar surface area (TPSA) is 24.1 Å². The van der Waals surface area contributed by atoms with Crippen LogP contribution in [0.5, 0.6) is 0 Å². The first-order chi connectivity index (χ1) is 7.86. The average molecular weight is 303 g/mol. The van der Waals surface area contributed by atoms with Gasteiger partial charge in [0.25, 0.3) is 0 Å². The first-order valence-corrected chi connectivity index (χ1v) is 7.67. The van der Waals surface area contributed by atoms with Crippen LogP contribution in [0.15, 0.2) is 15.9 Å². The molecule has 16 heavy (non-hydrogen) atoms. The smallest absolute Gasteiger partial charge is 0.0327 e. The minimum Gasteiger partial charge on any atom is -0.317 e. The predicted molar refractivity (Wildman–Crippen MR) is 73.9 cm³/mol. The van der Waals surface area contributed by atoms with Crippen LogP contribution in [0.4, 0.5) is 0 Å². The molecule has 1 aliphatic rings. The van der Waals surface area contributed by atoms with E-state index in [0.717, 1.165) is 19.0 Å². The van der Waals surface area contributed by atoms with Gasteiger partial charge in [-0.25, -0.2) is 0 Å². The Morgan fingerprint density at radius 2 is 2.25 bits per heavy atom. The van der Waals surface area contributed by atoms with E-state index in [0.29, 0.717) is 0 Å². The van der Waals surface area contributed by atoms with Crippen LogP contribution in [0.2, 0.25) is 0 Å². The summed E-state index contributed by atoms with van der Waals surface area (Å²) in [6.45, 7) is 4.57. The van der Waals surface area contributed by atoms with Crippen molar-refractivity contribution in [3.63, 3.8) is 0 Å². The van der Waals surface area contributed by atoms with E-state index in [1.807, 2.05) is 11.3 Å². The van der Waals surface area contributed by atoms with E-state index in [-0.39, 0.29) is 0 Å². The number of nitrogens with one attached hydrogen (secondary N) is 2. The molecule has 0 aromatic carbocycles. The first-order valence-electron chi connectivity index (χ1n) is 5.99. The van der Waals surface area contributed by atoms with E-state index in [1.54, 1.807) is 0 Å². The first kappa shape index (κ1) is 12.6. The van der Waals surface area contributed by atoms with Gasteiger partial charge in [-0.1, -0.05) is 0 Å². The van der Waals surface area contributed by atoms with Crippen LogP contribution < -0.4 is 10.6 Å². The van der Waals surface area contributed by atoms with Crippen molar-refractivity contribution in [2.24, 2.45) is 5.92 Å². The highest BCUT2D eigenvalue weighted by Gasteiger charge is 2.12. The summed E-state index contributed by atoms with van der Waals surface area (Å²) in [7, 11) is 0. The number of piperidine rings is 1. The van der Waals surface area contributed by atoms with Gasteiger partial charge < -0.3 is 10.6 Å². The van der Waals surface area contributed by atoms with E-state index in [9.17, 15) is 0 Å². The van der Waals surface area contributed by atoms with Gasteiger partial charge in [0.05, 0.1) is 0 Å². The zero-order valence-electron chi connectivity index (χ0n) is 9.47. The summed E-state index contributed by atoms with van der Waals surface area (Å²) in [5.74, 6) is 0.931. The Morgan fingerprint density at radius 3 is 2.94 bits per heavy atom. The van der Waals surface area contributed by atoms with Crippen LogP contribution in [-0.4, -0.2) is 19.6 Å². The molecule has 2 nitrogen and oxygen atoms in total. The fraction of sp³-hybridized carbons (Fsp3) is 0.667. The maximum Gasteiger partial charge on any atom is 0.0327 e. The minimum atomic E-state index is 0.931. The molecule has 1 aromatic heterocycles. The van der Waals surface area contributed by atoms with Crippen molar-refractivity contribution < 1.29 is 0 Å². The second kappa shape index (κ2) is 6.74. The van der Waals surface area contributed by atoms with Gasteiger partial charge in [-0.05, 0) is 72.2 Å². The molecule has 2 rings (SSSR count). The molecule has 2 N–H and O–H groups in total. The van der Waals surface area contributed by atoms with E-state index in [2.05, 4.69) is 38.0 Å². The summed E-state index contributed by atoms with van der Waals surface area (Å²) < 4.78 is 1.24. The zero-order valence-corrected chi connectivity index (χ0v) is 11.9. The fourth-order valence-electron chi connectivity index (χ4n) is 2.13. The normalized spacial score (nSPS) is 17.8. The summed E-state index contributed by atoms with van der Waals surface area (Å²) in [4.78, 5) is 1.41. The molecule has 1 aliphatic heterocycles. The van der Waals surface area contributed by atoms with Crippen LogP contribution in [-0.2, 0) is 6.54 Å². The highest BCUT2D eigenvalue weighted by Crippen LogP contribution is 2.22. The van der Waals surface area contributed by atoms with Gasteiger partial charge in [0.1, 0.15) is 0 Å². The summed E-state index contributed by atoms with van der Waals surface area (Å²) >= 11 is 5.37. The van der Waals surface area contributed by atoms with Crippen molar-refractivity contribution >= 4 is 27.3 Å². The molecule has 2 heterocycles. The molecule has 1 saturated heterocycles. The Bertz CT molecular complexity index is 308. The van der Waals surface area contributed by atoms with E-state index >= 15 is 0 Å². The molecule has 0 bridgehead atoms. The van der Waals surface area contributed by atoms with Crippen LogP contribution in [0, 0.1) is 5.92 Å². The Labute approximate surface area is 110 Å². The van der Waals surface area contributed by atoms with Crippen LogP contribution >= 0.6 is 27.3 Å². The molecule has 90 valence electrons. The Morgan fingerprint density at radius 1 is 1.44 bits per heavy atom. The molecular weight excluding hydrogens is 284 g/mol. The van der Waals surface area contributed by atoms with Crippen molar-refractivity contribution in [3.05, 3.63) is 20.8 Å². The van der Waals surface area contributed by atoms with Gasteiger partial charge in [0.2, 0.25) is 0 Å². The second-order valence-electron chi connectivity index (χ2n) is 4.35. The highest BCUT2D eigenvalue weighted by molar-refractivity contribution is 9.10. The van der Waals surface area contributed by atoms with Crippen molar-refractivity contribution in [1.82, 2.24) is 10.6 Å². The fourth-order valence-corrected chi connectivity index (χ4v) is 3.59. The number of rotatable bonds is 5. The maximum absolute atomic E-state index is 3.56. The number of halogens is 1. The standard InChI is InChI=1S/C12H19BrN2S/c13-11-4-8-16-12(11)9-15-7-3-10-1-5-14-6-2-10/h4,8,10,14-15H,1-3,5-7,9H2. The minimum absolute atomic E-state index is 0.931. The summed E-state index contributed by atoms with van der Waals surface area (Å²) in [6, 6.07) is 2.12. The van der Waals surface area contributed by atoms with Crippen molar-refractivity contribution in [3.8, 4) is 0 Å². The monoisotopic (exact) mass is 302 g/mol. The van der Waals surface area contributed by atoms with Crippen LogP contribution in [0.25, 0.3) is 0 Å². The van der Waals surface area contributed by atoms with Crippen LogP contribution in [0.3, 0.4) is 0 Å². The van der Waals surface area contributed by atoms with Gasteiger partial charge in [-0.2, -0.15) is 0 Å². The molecule has 0 aliphatic carbocycles. The van der Waals surface area contributed by atoms with Crippen molar-refractivity contribution in [2.45, 2.75) is 25.8 Å². The third-order valence-electron chi connectivity index (χ3n) is 3.16. The lowest BCUT2D eigenvalue weighted by Gasteiger charge is -2.22.